The third kappa shape index (κ3) is 5.78. The lowest BCUT2D eigenvalue weighted by Gasteiger charge is -2.22. The van der Waals surface area contributed by atoms with Crippen LogP contribution in [0.15, 0.2) is 24.3 Å². The van der Waals surface area contributed by atoms with Gasteiger partial charge in [0.15, 0.2) is 0 Å². The predicted molar refractivity (Wildman–Crippen MR) is 86.5 cm³/mol. The van der Waals surface area contributed by atoms with E-state index in [2.05, 4.69) is 29.6 Å². The fourth-order valence-corrected chi connectivity index (χ4v) is 2.92. The first-order valence-electron chi connectivity index (χ1n) is 8.26. The normalized spacial score (nSPS) is 15.7. The van der Waals surface area contributed by atoms with E-state index < -0.39 is 0 Å². The molecule has 2 rings (SSSR count). The number of esters is 1. The number of aryl methyl sites for hydroxylation is 1. The van der Waals surface area contributed by atoms with Gasteiger partial charge in [-0.05, 0) is 49.8 Å². The summed E-state index contributed by atoms with van der Waals surface area (Å²) in [5.41, 5.74) is 2.37. The summed E-state index contributed by atoms with van der Waals surface area (Å²) in [4.78, 5) is 11.3. The number of nitrogens with one attached hydrogen (secondary N) is 1. The van der Waals surface area contributed by atoms with E-state index in [0.717, 1.165) is 18.9 Å². The molecule has 1 aliphatic rings. The first kappa shape index (κ1) is 15.9. The Bertz CT molecular complexity index is 421. The van der Waals surface area contributed by atoms with Crippen molar-refractivity contribution in [3.63, 3.8) is 0 Å². The Labute approximate surface area is 128 Å². The summed E-state index contributed by atoms with van der Waals surface area (Å²) in [6.07, 6.45) is 8.13. The SMILES string of the molecule is CCOC(=O)CCc1ccc(NCC2CCCCC2)cc1. The van der Waals surface area contributed by atoms with Gasteiger partial charge in [0.25, 0.3) is 0 Å². The average molecular weight is 289 g/mol. The van der Waals surface area contributed by atoms with Gasteiger partial charge in [-0.15, -0.1) is 0 Å². The van der Waals surface area contributed by atoms with E-state index in [1.54, 1.807) is 0 Å². The highest BCUT2D eigenvalue weighted by atomic mass is 16.5. The Hall–Kier alpha value is -1.51. The topological polar surface area (TPSA) is 38.3 Å². The van der Waals surface area contributed by atoms with Crippen LogP contribution in [-0.4, -0.2) is 19.1 Å². The number of hydrogen-bond donors (Lipinski definition) is 1. The molecule has 1 saturated carbocycles. The number of ether oxygens (including phenoxy) is 1. The lowest BCUT2D eigenvalue weighted by Crippen LogP contribution is -2.17. The second-order valence-corrected chi connectivity index (χ2v) is 5.89. The zero-order chi connectivity index (χ0) is 14.9. The van der Waals surface area contributed by atoms with Crippen LogP contribution >= 0.6 is 0 Å². The van der Waals surface area contributed by atoms with Gasteiger partial charge in [0.1, 0.15) is 0 Å². The second kappa shape index (κ2) is 8.71. The molecule has 1 fully saturated rings. The molecule has 0 aromatic heterocycles. The highest BCUT2D eigenvalue weighted by molar-refractivity contribution is 5.69. The maximum Gasteiger partial charge on any atom is 0.306 e. The number of rotatable bonds is 7. The van der Waals surface area contributed by atoms with Gasteiger partial charge in [0.2, 0.25) is 0 Å². The van der Waals surface area contributed by atoms with Gasteiger partial charge in [-0.2, -0.15) is 0 Å². The summed E-state index contributed by atoms with van der Waals surface area (Å²) in [5, 5.41) is 3.54. The summed E-state index contributed by atoms with van der Waals surface area (Å²) in [6.45, 7) is 3.38. The minimum absolute atomic E-state index is 0.114. The Morgan fingerprint density at radius 1 is 1.19 bits per heavy atom. The molecule has 21 heavy (non-hydrogen) atoms. The predicted octanol–water partition coefficient (Wildman–Crippen LogP) is 4.17. The zero-order valence-corrected chi connectivity index (χ0v) is 13.1. The van der Waals surface area contributed by atoms with E-state index in [4.69, 9.17) is 4.74 Å². The van der Waals surface area contributed by atoms with Crippen molar-refractivity contribution in [2.45, 2.75) is 51.9 Å². The van der Waals surface area contributed by atoms with Crippen molar-refractivity contribution in [1.82, 2.24) is 0 Å². The maximum absolute atomic E-state index is 11.3. The van der Waals surface area contributed by atoms with E-state index in [1.807, 2.05) is 6.92 Å². The summed E-state index contributed by atoms with van der Waals surface area (Å²) >= 11 is 0. The largest absolute Gasteiger partial charge is 0.466 e. The molecule has 1 aliphatic carbocycles. The molecule has 1 aromatic carbocycles. The van der Waals surface area contributed by atoms with Crippen LogP contribution in [0.3, 0.4) is 0 Å². The third-order valence-electron chi connectivity index (χ3n) is 4.20. The van der Waals surface area contributed by atoms with Crippen LogP contribution in [0.25, 0.3) is 0 Å². The van der Waals surface area contributed by atoms with E-state index in [-0.39, 0.29) is 5.97 Å². The summed E-state index contributed by atoms with van der Waals surface area (Å²) < 4.78 is 4.94. The molecule has 116 valence electrons. The molecule has 0 bridgehead atoms. The van der Waals surface area contributed by atoms with Crippen molar-refractivity contribution < 1.29 is 9.53 Å². The minimum Gasteiger partial charge on any atom is -0.466 e. The summed E-state index contributed by atoms with van der Waals surface area (Å²) in [5.74, 6) is 0.722. The Kier molecular flexibility index (Phi) is 6.58. The standard InChI is InChI=1S/C18H27NO2/c1-2-21-18(20)13-10-15-8-11-17(12-9-15)19-14-16-6-4-3-5-7-16/h8-9,11-12,16,19H,2-7,10,13-14H2,1H3. The Balaban J connectivity index is 1.72. The van der Waals surface area contributed by atoms with Crippen LogP contribution < -0.4 is 5.32 Å². The van der Waals surface area contributed by atoms with E-state index >= 15 is 0 Å². The smallest absolute Gasteiger partial charge is 0.306 e. The fraction of sp³-hybridized carbons (Fsp3) is 0.611. The number of carbonyl (C=O) groups excluding carboxylic acids is 1. The highest BCUT2D eigenvalue weighted by Gasteiger charge is 2.12. The van der Waals surface area contributed by atoms with Crippen molar-refractivity contribution in [1.29, 1.82) is 0 Å². The molecule has 0 heterocycles. The molecule has 0 amide bonds. The van der Waals surface area contributed by atoms with Gasteiger partial charge in [-0.1, -0.05) is 31.4 Å². The van der Waals surface area contributed by atoms with Gasteiger partial charge < -0.3 is 10.1 Å². The third-order valence-corrected chi connectivity index (χ3v) is 4.20. The van der Waals surface area contributed by atoms with Crippen LogP contribution in [0.2, 0.25) is 0 Å². The van der Waals surface area contributed by atoms with Crippen LogP contribution in [0.1, 0.15) is 51.0 Å². The molecule has 0 saturated heterocycles. The highest BCUT2D eigenvalue weighted by Crippen LogP contribution is 2.24. The Morgan fingerprint density at radius 3 is 2.57 bits per heavy atom. The quantitative estimate of drug-likeness (QED) is 0.765. The second-order valence-electron chi connectivity index (χ2n) is 5.89. The van der Waals surface area contributed by atoms with Crippen molar-refractivity contribution >= 4 is 11.7 Å². The molecule has 0 aliphatic heterocycles. The van der Waals surface area contributed by atoms with Gasteiger partial charge in [0, 0.05) is 18.7 Å². The van der Waals surface area contributed by atoms with Crippen LogP contribution in [0.5, 0.6) is 0 Å². The molecule has 0 unspecified atom stereocenters. The Morgan fingerprint density at radius 2 is 1.90 bits per heavy atom. The molecule has 3 nitrogen and oxygen atoms in total. The fourth-order valence-electron chi connectivity index (χ4n) is 2.92. The number of benzene rings is 1. The first-order valence-corrected chi connectivity index (χ1v) is 8.26. The molecule has 3 heteroatoms. The molecule has 1 N–H and O–H groups in total. The zero-order valence-electron chi connectivity index (χ0n) is 13.1. The molecule has 1 aromatic rings. The molecule has 0 radical (unpaired) electrons. The number of anilines is 1. The monoisotopic (exact) mass is 289 g/mol. The van der Waals surface area contributed by atoms with Crippen LogP contribution in [0.4, 0.5) is 5.69 Å². The maximum atomic E-state index is 11.3. The molecule has 0 atom stereocenters. The van der Waals surface area contributed by atoms with Crippen molar-refractivity contribution in [3.05, 3.63) is 29.8 Å². The number of hydrogen-bond acceptors (Lipinski definition) is 3. The average Bonchev–Trinajstić information content (AvgIpc) is 2.53. The van der Waals surface area contributed by atoms with Gasteiger partial charge in [-0.25, -0.2) is 0 Å². The van der Waals surface area contributed by atoms with E-state index in [1.165, 1.54) is 43.4 Å². The van der Waals surface area contributed by atoms with E-state index in [9.17, 15) is 4.79 Å². The van der Waals surface area contributed by atoms with Crippen molar-refractivity contribution in [2.75, 3.05) is 18.5 Å². The number of carbonyl (C=O) groups is 1. The minimum atomic E-state index is -0.114. The van der Waals surface area contributed by atoms with Gasteiger partial charge in [-0.3, -0.25) is 4.79 Å². The first-order chi connectivity index (χ1) is 10.3. The van der Waals surface area contributed by atoms with Crippen LogP contribution in [0, 0.1) is 5.92 Å². The molecular weight excluding hydrogens is 262 g/mol. The lowest BCUT2D eigenvalue weighted by atomic mass is 9.89. The lowest BCUT2D eigenvalue weighted by molar-refractivity contribution is -0.143. The molecular formula is C18H27NO2. The van der Waals surface area contributed by atoms with E-state index in [0.29, 0.717) is 13.0 Å². The molecule has 0 spiro atoms. The van der Waals surface area contributed by atoms with Crippen molar-refractivity contribution in [3.8, 4) is 0 Å². The van der Waals surface area contributed by atoms with Crippen LogP contribution in [-0.2, 0) is 16.0 Å². The summed E-state index contributed by atoms with van der Waals surface area (Å²) in [6, 6.07) is 8.43. The van der Waals surface area contributed by atoms with Gasteiger partial charge >= 0.3 is 5.97 Å². The summed E-state index contributed by atoms with van der Waals surface area (Å²) in [7, 11) is 0. The van der Waals surface area contributed by atoms with Crippen molar-refractivity contribution in [2.24, 2.45) is 5.92 Å². The van der Waals surface area contributed by atoms with Gasteiger partial charge in [0.05, 0.1) is 6.61 Å².